The fraction of sp³-hybridized carbons (Fsp3) is 1.00. The van der Waals surface area contributed by atoms with Gasteiger partial charge in [0.05, 0.1) is 0 Å². The molecule has 114 valence electrons. The highest BCUT2D eigenvalue weighted by atomic mass is 35.6. The monoisotopic (exact) mass is 321 g/mol. The van der Waals surface area contributed by atoms with Crippen LogP contribution in [0.5, 0.6) is 0 Å². The Hall–Kier alpha value is 0.644. The maximum atomic E-state index is 6.49. The molecule has 0 amide bonds. The summed E-state index contributed by atoms with van der Waals surface area (Å²) in [6.45, 7) is 13.9. The van der Waals surface area contributed by atoms with Gasteiger partial charge in [0, 0.05) is 12.6 Å². The van der Waals surface area contributed by atoms with E-state index in [1.807, 2.05) is 0 Å². The molecule has 2 nitrogen and oxygen atoms in total. The van der Waals surface area contributed by atoms with Gasteiger partial charge in [-0.15, -0.1) is 11.1 Å². The van der Waals surface area contributed by atoms with Crippen LogP contribution in [0, 0.1) is 0 Å². The van der Waals surface area contributed by atoms with E-state index in [1.54, 1.807) is 0 Å². The molecule has 1 aliphatic rings. The standard InChI is InChI=1S/C14H32ClNOSi2/c1-6-13-19(5,15)17-12-10-14-9-7-8-11-16(14)18(2,3)4/h14H,6-13H2,1-5H3. The molecule has 2 unspecified atom stereocenters. The second kappa shape index (κ2) is 7.59. The van der Waals surface area contributed by atoms with E-state index in [1.165, 1.54) is 32.2 Å². The van der Waals surface area contributed by atoms with Gasteiger partial charge in [-0.1, -0.05) is 39.4 Å². The van der Waals surface area contributed by atoms with Crippen LogP contribution in [0.3, 0.4) is 0 Å². The van der Waals surface area contributed by atoms with E-state index in [0.29, 0.717) is 0 Å². The van der Waals surface area contributed by atoms with E-state index in [9.17, 15) is 0 Å². The van der Waals surface area contributed by atoms with Crippen LogP contribution in [-0.2, 0) is 4.43 Å². The van der Waals surface area contributed by atoms with Gasteiger partial charge in [0.2, 0.25) is 0 Å². The largest absolute Gasteiger partial charge is 0.403 e. The van der Waals surface area contributed by atoms with Crippen LogP contribution in [0.15, 0.2) is 0 Å². The van der Waals surface area contributed by atoms with Crippen molar-refractivity contribution >= 4 is 26.9 Å². The highest BCUT2D eigenvalue weighted by molar-refractivity contribution is 7.16. The zero-order valence-corrected chi connectivity index (χ0v) is 16.2. The summed E-state index contributed by atoms with van der Waals surface area (Å²) in [4.78, 5) is 0. The quantitative estimate of drug-likeness (QED) is 0.493. The Morgan fingerprint density at radius 1 is 1.21 bits per heavy atom. The lowest BCUT2D eigenvalue weighted by Crippen LogP contribution is -2.54. The molecule has 0 spiro atoms. The van der Waals surface area contributed by atoms with E-state index in [2.05, 4.69) is 37.7 Å². The summed E-state index contributed by atoms with van der Waals surface area (Å²) in [5.74, 6) is 0. The van der Waals surface area contributed by atoms with Gasteiger partial charge in [0.15, 0.2) is 0 Å². The Morgan fingerprint density at radius 3 is 2.47 bits per heavy atom. The highest BCUT2D eigenvalue weighted by Gasteiger charge is 2.33. The Balaban J connectivity index is 2.42. The first-order valence-corrected chi connectivity index (χ1v) is 14.9. The molecule has 1 fully saturated rings. The normalized spacial score (nSPS) is 25.3. The topological polar surface area (TPSA) is 12.5 Å². The predicted molar refractivity (Wildman–Crippen MR) is 90.8 cm³/mol. The highest BCUT2D eigenvalue weighted by Crippen LogP contribution is 2.26. The molecule has 0 aromatic rings. The number of rotatable bonds is 7. The molecular formula is C14H32ClNOSi2. The Kier molecular flexibility index (Phi) is 7.07. The van der Waals surface area contributed by atoms with Crippen molar-refractivity contribution in [3.8, 4) is 0 Å². The van der Waals surface area contributed by atoms with Crippen LogP contribution in [-0.4, -0.2) is 39.6 Å². The molecule has 0 saturated carbocycles. The van der Waals surface area contributed by atoms with Gasteiger partial charge in [-0.3, -0.25) is 0 Å². The second-order valence-corrected chi connectivity index (χ2v) is 17.3. The third-order valence-corrected chi connectivity index (χ3v) is 9.44. The Labute approximate surface area is 126 Å². The van der Waals surface area contributed by atoms with Gasteiger partial charge >= 0.3 is 0 Å². The SMILES string of the molecule is CCC[Si](C)(Cl)OCCC1CCCCN1[Si](C)(C)C. The van der Waals surface area contributed by atoms with Gasteiger partial charge in [-0.2, -0.15) is 0 Å². The maximum absolute atomic E-state index is 6.49. The lowest BCUT2D eigenvalue weighted by atomic mass is 10.0. The molecular weight excluding hydrogens is 290 g/mol. The van der Waals surface area contributed by atoms with Crippen molar-refractivity contribution in [3.63, 3.8) is 0 Å². The Morgan fingerprint density at radius 2 is 1.89 bits per heavy atom. The van der Waals surface area contributed by atoms with Crippen LogP contribution < -0.4 is 0 Å². The van der Waals surface area contributed by atoms with Crippen LogP contribution in [0.2, 0.25) is 32.2 Å². The average Bonchev–Trinajstić information content (AvgIpc) is 2.28. The molecule has 1 saturated heterocycles. The molecule has 0 aromatic heterocycles. The molecule has 2 atom stereocenters. The van der Waals surface area contributed by atoms with Crippen molar-refractivity contribution in [1.82, 2.24) is 4.57 Å². The number of nitrogens with zero attached hydrogens (tertiary/aromatic N) is 1. The van der Waals surface area contributed by atoms with Crippen molar-refractivity contribution in [2.24, 2.45) is 0 Å². The fourth-order valence-electron chi connectivity index (χ4n) is 3.11. The third-order valence-electron chi connectivity index (χ3n) is 4.04. The van der Waals surface area contributed by atoms with Crippen molar-refractivity contribution < 1.29 is 4.43 Å². The molecule has 0 bridgehead atoms. The van der Waals surface area contributed by atoms with E-state index in [-0.39, 0.29) is 0 Å². The first-order valence-electron chi connectivity index (χ1n) is 7.86. The van der Waals surface area contributed by atoms with Gasteiger partial charge in [0.25, 0.3) is 7.63 Å². The minimum atomic E-state index is -1.89. The number of hydrogen-bond acceptors (Lipinski definition) is 2. The zero-order chi connectivity index (χ0) is 14.5. The second-order valence-electron chi connectivity index (χ2n) is 7.00. The Bertz CT molecular complexity index is 269. The molecule has 1 rings (SSSR count). The van der Waals surface area contributed by atoms with Crippen LogP contribution in [0.4, 0.5) is 0 Å². The molecule has 1 aliphatic heterocycles. The summed E-state index contributed by atoms with van der Waals surface area (Å²) in [6.07, 6.45) is 6.41. The molecule has 0 radical (unpaired) electrons. The summed E-state index contributed by atoms with van der Waals surface area (Å²) in [6, 6.07) is 1.81. The van der Waals surface area contributed by atoms with Gasteiger partial charge in [0.1, 0.15) is 8.24 Å². The number of piperidine rings is 1. The van der Waals surface area contributed by atoms with E-state index < -0.39 is 15.9 Å². The average molecular weight is 322 g/mol. The minimum absolute atomic E-state index is 0.739. The van der Waals surface area contributed by atoms with Crippen molar-refractivity contribution in [2.75, 3.05) is 13.2 Å². The molecule has 19 heavy (non-hydrogen) atoms. The molecule has 0 N–H and O–H groups in total. The minimum Gasteiger partial charge on any atom is -0.403 e. The number of hydrogen-bond donors (Lipinski definition) is 0. The summed E-state index contributed by atoms with van der Waals surface area (Å²) < 4.78 is 8.83. The van der Waals surface area contributed by atoms with Crippen LogP contribution in [0.25, 0.3) is 0 Å². The third kappa shape index (κ3) is 6.29. The first-order chi connectivity index (χ1) is 8.76. The lowest BCUT2D eigenvalue weighted by molar-refractivity contribution is 0.194. The van der Waals surface area contributed by atoms with Gasteiger partial charge in [-0.25, -0.2) is 0 Å². The van der Waals surface area contributed by atoms with Gasteiger partial charge < -0.3 is 8.99 Å². The molecule has 0 aliphatic carbocycles. The van der Waals surface area contributed by atoms with E-state index >= 15 is 0 Å². The zero-order valence-electron chi connectivity index (χ0n) is 13.5. The molecule has 5 heteroatoms. The van der Waals surface area contributed by atoms with E-state index in [4.69, 9.17) is 15.5 Å². The smallest absolute Gasteiger partial charge is 0.286 e. The van der Waals surface area contributed by atoms with Gasteiger partial charge in [-0.05, 0) is 38.4 Å². The van der Waals surface area contributed by atoms with Crippen LogP contribution >= 0.6 is 11.1 Å². The van der Waals surface area contributed by atoms with Crippen molar-refractivity contribution in [3.05, 3.63) is 0 Å². The first kappa shape index (κ1) is 17.7. The predicted octanol–water partition coefficient (Wildman–Crippen LogP) is 4.80. The fourth-order valence-corrected chi connectivity index (χ4v) is 7.67. The van der Waals surface area contributed by atoms with Crippen molar-refractivity contribution in [2.45, 2.75) is 77.3 Å². The summed E-state index contributed by atoms with van der Waals surface area (Å²) >= 11 is 6.49. The van der Waals surface area contributed by atoms with Crippen LogP contribution in [0.1, 0.15) is 39.0 Å². The summed E-state index contributed by atoms with van der Waals surface area (Å²) in [5.41, 5.74) is 0. The number of halogens is 1. The molecule has 1 heterocycles. The maximum Gasteiger partial charge on any atom is 0.286 e. The molecule has 0 aromatic carbocycles. The lowest BCUT2D eigenvalue weighted by Gasteiger charge is -2.44. The summed E-state index contributed by atoms with van der Waals surface area (Å²) in [7, 11) is -3.07. The van der Waals surface area contributed by atoms with Crippen molar-refractivity contribution in [1.29, 1.82) is 0 Å². The summed E-state index contributed by atoms with van der Waals surface area (Å²) in [5, 5.41) is 0. The van der Waals surface area contributed by atoms with E-state index in [0.717, 1.165) is 25.1 Å².